The summed E-state index contributed by atoms with van der Waals surface area (Å²) >= 11 is 0. The molecule has 2 aromatic heterocycles. The number of hydrogen-bond donors (Lipinski definition) is 2. The third kappa shape index (κ3) is 3.36. The Bertz CT molecular complexity index is 1090. The highest BCUT2D eigenvalue weighted by Crippen LogP contribution is 2.31. The van der Waals surface area contributed by atoms with Gasteiger partial charge in [-0.05, 0) is 48.7 Å². The first kappa shape index (κ1) is 17.8. The van der Waals surface area contributed by atoms with E-state index in [2.05, 4.69) is 20.7 Å². The predicted octanol–water partition coefficient (Wildman–Crippen LogP) is 1.07. The highest BCUT2D eigenvalue weighted by Gasteiger charge is 2.31. The molecule has 8 heteroatoms. The first-order valence-corrected chi connectivity index (χ1v) is 9.85. The molecule has 2 aliphatic rings. The van der Waals surface area contributed by atoms with E-state index in [0.717, 1.165) is 36.5 Å². The molecule has 1 amide bonds. The third-order valence-electron chi connectivity index (χ3n) is 5.83. The molecular weight excluding hydrogens is 368 g/mol. The molecule has 1 aromatic carbocycles. The Kier molecular flexibility index (Phi) is 4.48. The average molecular weight is 390 g/mol. The van der Waals surface area contributed by atoms with Crippen LogP contribution in [-0.4, -0.2) is 38.3 Å². The second-order valence-electron chi connectivity index (χ2n) is 7.73. The summed E-state index contributed by atoms with van der Waals surface area (Å²) in [5.74, 6) is 0.482. The fraction of sp³-hybridized carbons (Fsp3) is 0.333. The van der Waals surface area contributed by atoms with Gasteiger partial charge in [-0.15, -0.1) is 0 Å². The van der Waals surface area contributed by atoms with Crippen molar-refractivity contribution >= 4 is 5.91 Å². The summed E-state index contributed by atoms with van der Waals surface area (Å²) in [7, 11) is 0. The van der Waals surface area contributed by atoms with Crippen molar-refractivity contribution in [2.24, 2.45) is 5.92 Å². The largest absolute Gasteiger partial charge is 0.348 e. The Morgan fingerprint density at radius 2 is 2.03 bits per heavy atom. The fourth-order valence-corrected chi connectivity index (χ4v) is 4.35. The SMILES string of the molecule is O=C(NCc1ccc(-n2cncn2)cc1)c1ccc2n(c1=O)C[C@@H]1CNC[C@H]2C1. The fourth-order valence-electron chi connectivity index (χ4n) is 4.35. The molecule has 0 radical (unpaired) electrons. The van der Waals surface area contributed by atoms with Crippen LogP contribution in [0.5, 0.6) is 0 Å². The summed E-state index contributed by atoms with van der Waals surface area (Å²) in [6, 6.07) is 11.3. The van der Waals surface area contributed by atoms with Crippen molar-refractivity contribution in [3.05, 3.63) is 76.2 Å². The zero-order valence-corrected chi connectivity index (χ0v) is 15.9. The summed E-state index contributed by atoms with van der Waals surface area (Å²) in [6.07, 6.45) is 4.22. The molecule has 2 aliphatic heterocycles. The van der Waals surface area contributed by atoms with Crippen molar-refractivity contribution in [1.82, 2.24) is 30.0 Å². The van der Waals surface area contributed by atoms with Crippen LogP contribution in [0.2, 0.25) is 0 Å². The lowest BCUT2D eigenvalue weighted by Crippen LogP contribution is -2.46. The maximum Gasteiger partial charge on any atom is 0.263 e. The van der Waals surface area contributed by atoms with Gasteiger partial charge in [0, 0.05) is 31.2 Å². The average Bonchev–Trinajstić information content (AvgIpc) is 3.28. The second-order valence-corrected chi connectivity index (χ2v) is 7.73. The number of aromatic nitrogens is 4. The van der Waals surface area contributed by atoms with Gasteiger partial charge in [-0.1, -0.05) is 12.1 Å². The lowest BCUT2D eigenvalue weighted by molar-refractivity contribution is 0.0948. The Morgan fingerprint density at radius 1 is 1.17 bits per heavy atom. The highest BCUT2D eigenvalue weighted by atomic mass is 16.2. The van der Waals surface area contributed by atoms with Crippen LogP contribution in [0, 0.1) is 5.92 Å². The molecule has 1 saturated heterocycles. The molecule has 4 heterocycles. The van der Waals surface area contributed by atoms with Crippen LogP contribution in [0.3, 0.4) is 0 Å². The van der Waals surface area contributed by atoms with E-state index in [4.69, 9.17) is 0 Å². The molecule has 3 aromatic rings. The zero-order chi connectivity index (χ0) is 19.8. The maximum absolute atomic E-state index is 12.9. The van der Waals surface area contributed by atoms with E-state index >= 15 is 0 Å². The summed E-state index contributed by atoms with van der Waals surface area (Å²) in [5.41, 5.74) is 2.91. The minimum absolute atomic E-state index is 0.182. The van der Waals surface area contributed by atoms with Crippen LogP contribution in [0.15, 0.2) is 53.8 Å². The van der Waals surface area contributed by atoms with Crippen LogP contribution in [0.25, 0.3) is 5.69 Å². The third-order valence-corrected chi connectivity index (χ3v) is 5.83. The molecule has 0 unspecified atom stereocenters. The van der Waals surface area contributed by atoms with E-state index in [0.29, 0.717) is 24.9 Å². The molecule has 148 valence electrons. The van der Waals surface area contributed by atoms with Gasteiger partial charge >= 0.3 is 0 Å². The smallest absolute Gasteiger partial charge is 0.263 e. The van der Waals surface area contributed by atoms with Gasteiger partial charge < -0.3 is 15.2 Å². The Morgan fingerprint density at radius 3 is 2.83 bits per heavy atom. The maximum atomic E-state index is 12.9. The van der Waals surface area contributed by atoms with Gasteiger partial charge in [0.05, 0.1) is 5.69 Å². The van der Waals surface area contributed by atoms with Crippen molar-refractivity contribution in [3.8, 4) is 5.69 Å². The number of nitrogens with one attached hydrogen (secondary N) is 2. The van der Waals surface area contributed by atoms with Gasteiger partial charge in [-0.2, -0.15) is 5.10 Å². The van der Waals surface area contributed by atoms with Crippen LogP contribution >= 0.6 is 0 Å². The number of piperidine rings is 1. The number of nitrogens with zero attached hydrogens (tertiary/aromatic N) is 4. The first-order chi connectivity index (χ1) is 14.2. The van der Waals surface area contributed by atoms with Crippen LogP contribution < -0.4 is 16.2 Å². The van der Waals surface area contributed by atoms with Crippen LogP contribution in [-0.2, 0) is 13.1 Å². The molecule has 2 N–H and O–H groups in total. The predicted molar refractivity (Wildman–Crippen MR) is 107 cm³/mol. The normalized spacial score (nSPS) is 20.1. The molecule has 5 rings (SSSR count). The van der Waals surface area contributed by atoms with Gasteiger partial charge in [-0.3, -0.25) is 9.59 Å². The number of pyridine rings is 1. The van der Waals surface area contributed by atoms with Gasteiger partial charge in [0.15, 0.2) is 0 Å². The summed E-state index contributed by atoms with van der Waals surface area (Å²) in [5, 5.41) is 10.4. The van der Waals surface area contributed by atoms with Gasteiger partial charge in [0.2, 0.25) is 0 Å². The Hall–Kier alpha value is -3.26. The molecule has 1 fully saturated rings. The lowest BCUT2D eigenvalue weighted by atomic mass is 9.84. The van der Waals surface area contributed by atoms with E-state index in [1.54, 1.807) is 17.1 Å². The Labute approximate surface area is 167 Å². The molecule has 8 nitrogen and oxygen atoms in total. The molecule has 2 atom stereocenters. The highest BCUT2D eigenvalue weighted by molar-refractivity contribution is 5.93. The van der Waals surface area contributed by atoms with Gasteiger partial charge in [0.1, 0.15) is 18.2 Å². The first-order valence-electron chi connectivity index (χ1n) is 9.85. The number of benzene rings is 1. The van der Waals surface area contributed by atoms with E-state index in [1.165, 1.54) is 6.33 Å². The van der Waals surface area contributed by atoms with E-state index in [9.17, 15) is 9.59 Å². The van der Waals surface area contributed by atoms with Crippen molar-refractivity contribution in [3.63, 3.8) is 0 Å². The van der Waals surface area contributed by atoms with Gasteiger partial charge in [0.25, 0.3) is 11.5 Å². The standard InChI is InChI=1S/C21H22N6O2/c28-20(24-9-14-1-3-17(4-2-14)27-13-23-12-25-27)18-5-6-19-16-7-15(8-22-10-16)11-26(19)21(18)29/h1-6,12-13,15-16,22H,7-11H2,(H,24,28)/t15-,16+/m0/s1. The van der Waals surface area contributed by atoms with Crippen LogP contribution in [0.4, 0.5) is 0 Å². The quantitative estimate of drug-likeness (QED) is 0.695. The molecule has 0 aliphatic carbocycles. The van der Waals surface area contributed by atoms with Crippen molar-refractivity contribution in [2.75, 3.05) is 13.1 Å². The zero-order valence-electron chi connectivity index (χ0n) is 15.9. The van der Waals surface area contributed by atoms with Gasteiger partial charge in [-0.25, -0.2) is 9.67 Å². The number of hydrogen-bond acceptors (Lipinski definition) is 5. The summed E-state index contributed by atoms with van der Waals surface area (Å²) in [6.45, 7) is 2.87. The Balaban J connectivity index is 1.30. The van der Waals surface area contributed by atoms with E-state index < -0.39 is 0 Å². The number of carbonyl (C=O) groups is 1. The minimum atomic E-state index is -0.334. The van der Waals surface area contributed by atoms with Crippen molar-refractivity contribution in [2.45, 2.75) is 25.4 Å². The molecule has 29 heavy (non-hydrogen) atoms. The van der Waals surface area contributed by atoms with Crippen molar-refractivity contribution in [1.29, 1.82) is 0 Å². The number of amides is 1. The summed E-state index contributed by atoms with van der Waals surface area (Å²) in [4.78, 5) is 29.5. The monoisotopic (exact) mass is 390 g/mol. The minimum Gasteiger partial charge on any atom is -0.348 e. The molecule has 2 bridgehead atoms. The van der Waals surface area contributed by atoms with E-state index in [-0.39, 0.29) is 17.0 Å². The molecule has 0 spiro atoms. The van der Waals surface area contributed by atoms with E-state index in [1.807, 2.05) is 34.9 Å². The molecule has 0 saturated carbocycles. The number of rotatable bonds is 4. The topological polar surface area (TPSA) is 93.8 Å². The number of fused-ring (bicyclic) bond motifs is 4. The van der Waals surface area contributed by atoms with Crippen molar-refractivity contribution < 1.29 is 4.79 Å². The second kappa shape index (κ2) is 7.29. The number of carbonyl (C=O) groups excluding carboxylic acids is 1. The lowest BCUT2D eigenvalue weighted by Gasteiger charge is -2.37. The van der Waals surface area contributed by atoms with Crippen LogP contribution in [0.1, 0.15) is 34.0 Å². The molecular formula is C21H22N6O2. The summed E-state index contributed by atoms with van der Waals surface area (Å²) < 4.78 is 3.47.